The first-order valence-corrected chi connectivity index (χ1v) is 14.7. The Kier molecular flexibility index (Phi) is 8.46. The number of urea groups is 1. The van der Waals surface area contributed by atoms with E-state index in [1.807, 2.05) is 0 Å². The molecule has 3 atom stereocenters. The molecule has 218 valence electrons. The van der Waals surface area contributed by atoms with Crippen molar-refractivity contribution >= 4 is 27.7 Å². The second kappa shape index (κ2) is 11.9. The standard InChI is InChI=1S/C28H27ClF3N3O5S/c29-20-8-10-21(11-9-20)40-24-7-2-1-6-22(24)25(41(37,38)35-12-14-39-15-13-35)17-23-26(34-27(36)33-23)18-4-3-5-19(16-18)28(30,31)32/h1-11,16,23,25-26H,12-15,17H2,(H2,33,34,36). The van der Waals surface area contributed by atoms with Gasteiger partial charge >= 0.3 is 12.2 Å². The summed E-state index contributed by atoms with van der Waals surface area (Å²) in [4.78, 5) is 12.5. The van der Waals surface area contributed by atoms with E-state index in [0.29, 0.717) is 16.3 Å². The zero-order valence-electron chi connectivity index (χ0n) is 21.6. The van der Waals surface area contributed by atoms with Crippen molar-refractivity contribution in [1.29, 1.82) is 0 Å². The molecule has 2 amide bonds. The Morgan fingerprint density at radius 2 is 1.71 bits per heavy atom. The van der Waals surface area contributed by atoms with Gasteiger partial charge in [-0.3, -0.25) is 0 Å². The third-order valence-electron chi connectivity index (χ3n) is 7.04. The Morgan fingerprint density at radius 3 is 2.41 bits per heavy atom. The molecule has 0 bridgehead atoms. The van der Waals surface area contributed by atoms with Gasteiger partial charge in [0.1, 0.15) is 16.7 Å². The summed E-state index contributed by atoms with van der Waals surface area (Å²) in [7, 11) is -4.05. The van der Waals surface area contributed by atoms with E-state index in [2.05, 4.69) is 10.6 Å². The van der Waals surface area contributed by atoms with Crippen molar-refractivity contribution in [1.82, 2.24) is 14.9 Å². The van der Waals surface area contributed by atoms with Crippen molar-refractivity contribution in [3.05, 3.63) is 94.5 Å². The quantitative estimate of drug-likeness (QED) is 0.343. The summed E-state index contributed by atoms with van der Waals surface area (Å²) in [6, 6.07) is 15.5. The van der Waals surface area contributed by atoms with Crippen LogP contribution >= 0.6 is 11.6 Å². The fraction of sp³-hybridized carbons (Fsp3) is 0.321. The first kappa shape index (κ1) is 29.2. The SMILES string of the molecule is O=C1NC(CC(c2ccccc2Oc2ccc(Cl)cc2)S(=O)(=O)N2CCOCC2)C(c2cccc(C(F)(F)F)c2)N1. The second-order valence-corrected chi connectivity index (χ2v) is 12.3. The molecule has 2 heterocycles. The summed E-state index contributed by atoms with van der Waals surface area (Å²) in [6.07, 6.45) is -4.72. The first-order valence-electron chi connectivity index (χ1n) is 12.9. The zero-order chi connectivity index (χ0) is 29.2. The second-order valence-electron chi connectivity index (χ2n) is 9.70. The molecule has 0 aromatic heterocycles. The number of hydrogen-bond acceptors (Lipinski definition) is 5. The normalized spacial score (nSPS) is 20.7. The highest BCUT2D eigenvalue weighted by Crippen LogP contribution is 2.41. The molecule has 41 heavy (non-hydrogen) atoms. The molecule has 3 aromatic rings. The number of hydrogen-bond donors (Lipinski definition) is 2. The van der Waals surface area contributed by atoms with Crippen LogP contribution in [0, 0.1) is 0 Å². The van der Waals surface area contributed by atoms with E-state index in [0.717, 1.165) is 12.1 Å². The molecule has 2 N–H and O–H groups in total. The molecule has 2 aliphatic heterocycles. The van der Waals surface area contributed by atoms with Crippen LogP contribution in [0.15, 0.2) is 72.8 Å². The summed E-state index contributed by atoms with van der Waals surface area (Å²) < 4.78 is 81.4. The van der Waals surface area contributed by atoms with E-state index in [1.54, 1.807) is 48.5 Å². The maximum Gasteiger partial charge on any atom is 0.416 e. The lowest BCUT2D eigenvalue weighted by molar-refractivity contribution is -0.137. The number of para-hydroxylation sites is 1. The van der Waals surface area contributed by atoms with Crippen molar-refractivity contribution in [2.45, 2.75) is 29.9 Å². The number of amides is 2. The molecule has 0 spiro atoms. The van der Waals surface area contributed by atoms with E-state index in [4.69, 9.17) is 21.1 Å². The maximum atomic E-state index is 14.1. The van der Waals surface area contributed by atoms with E-state index in [9.17, 15) is 26.4 Å². The highest BCUT2D eigenvalue weighted by atomic mass is 35.5. The predicted octanol–water partition coefficient (Wildman–Crippen LogP) is 5.67. The number of nitrogens with zero attached hydrogens (tertiary/aromatic N) is 1. The first-order chi connectivity index (χ1) is 19.5. The molecule has 2 fully saturated rings. The van der Waals surface area contributed by atoms with Crippen molar-refractivity contribution in [2.24, 2.45) is 0 Å². The van der Waals surface area contributed by atoms with E-state index in [1.165, 1.54) is 16.4 Å². The monoisotopic (exact) mass is 609 g/mol. The van der Waals surface area contributed by atoms with Gasteiger partial charge in [0, 0.05) is 23.7 Å². The fourth-order valence-electron chi connectivity index (χ4n) is 5.04. The number of nitrogens with one attached hydrogen (secondary N) is 2. The summed E-state index contributed by atoms with van der Waals surface area (Å²) in [5.41, 5.74) is -0.316. The number of rotatable bonds is 8. The van der Waals surface area contributed by atoms with Gasteiger partial charge in [-0.15, -0.1) is 0 Å². The Bertz CT molecular complexity index is 1500. The largest absolute Gasteiger partial charge is 0.457 e. The molecule has 0 aliphatic carbocycles. The van der Waals surface area contributed by atoms with Gasteiger partial charge in [0.2, 0.25) is 10.0 Å². The Labute approximate surface area is 240 Å². The highest BCUT2D eigenvalue weighted by Gasteiger charge is 2.43. The average molecular weight is 610 g/mol. The fourth-order valence-corrected chi connectivity index (χ4v) is 7.15. The van der Waals surface area contributed by atoms with Crippen molar-refractivity contribution in [2.75, 3.05) is 26.3 Å². The number of sulfonamides is 1. The molecule has 2 saturated heterocycles. The maximum absolute atomic E-state index is 14.1. The predicted molar refractivity (Wildman–Crippen MR) is 146 cm³/mol. The number of ether oxygens (including phenoxy) is 2. The van der Waals surface area contributed by atoms with Crippen LogP contribution in [0.5, 0.6) is 11.5 Å². The number of carbonyl (C=O) groups excluding carboxylic acids is 1. The van der Waals surface area contributed by atoms with Crippen LogP contribution < -0.4 is 15.4 Å². The van der Waals surface area contributed by atoms with E-state index < -0.39 is 45.1 Å². The van der Waals surface area contributed by atoms with Gasteiger partial charge in [0.25, 0.3) is 0 Å². The molecule has 13 heteroatoms. The summed E-state index contributed by atoms with van der Waals surface area (Å²) in [6.45, 7) is 0.740. The lowest BCUT2D eigenvalue weighted by Gasteiger charge is -2.33. The molecule has 0 radical (unpaired) electrons. The van der Waals surface area contributed by atoms with Crippen LogP contribution in [0.4, 0.5) is 18.0 Å². The zero-order valence-corrected chi connectivity index (χ0v) is 23.2. The number of alkyl halides is 3. The van der Waals surface area contributed by atoms with Crippen LogP contribution in [0.2, 0.25) is 5.02 Å². The van der Waals surface area contributed by atoms with Crippen LogP contribution in [0.25, 0.3) is 0 Å². The topological polar surface area (TPSA) is 97.0 Å². The number of morpholine rings is 1. The highest BCUT2D eigenvalue weighted by molar-refractivity contribution is 7.89. The Hall–Kier alpha value is -3.32. The number of benzene rings is 3. The molecule has 5 rings (SSSR count). The molecule has 8 nitrogen and oxygen atoms in total. The summed E-state index contributed by atoms with van der Waals surface area (Å²) in [5.74, 6) is 0.714. The van der Waals surface area contributed by atoms with Crippen LogP contribution in [0.3, 0.4) is 0 Å². The van der Waals surface area contributed by atoms with E-state index in [-0.39, 0.29) is 44.0 Å². The molecular formula is C28H27ClF3N3O5S. The summed E-state index contributed by atoms with van der Waals surface area (Å²) >= 11 is 5.99. The Morgan fingerprint density at radius 1 is 1.00 bits per heavy atom. The van der Waals surface area contributed by atoms with Gasteiger partial charge in [-0.05, 0) is 54.4 Å². The minimum Gasteiger partial charge on any atom is -0.457 e. The van der Waals surface area contributed by atoms with Gasteiger partial charge in [-0.1, -0.05) is 41.9 Å². The van der Waals surface area contributed by atoms with Crippen molar-refractivity contribution in [3.63, 3.8) is 0 Å². The smallest absolute Gasteiger partial charge is 0.416 e. The van der Waals surface area contributed by atoms with Crippen LogP contribution in [-0.4, -0.2) is 51.1 Å². The summed E-state index contributed by atoms with van der Waals surface area (Å²) in [5, 5.41) is 4.67. The number of carbonyl (C=O) groups is 1. The van der Waals surface area contributed by atoms with Gasteiger partial charge in [-0.25, -0.2) is 13.2 Å². The third kappa shape index (κ3) is 6.61. The van der Waals surface area contributed by atoms with E-state index >= 15 is 0 Å². The third-order valence-corrected chi connectivity index (χ3v) is 9.55. The molecule has 3 aromatic carbocycles. The van der Waals surface area contributed by atoms with Gasteiger partial charge in [0.15, 0.2) is 0 Å². The minimum atomic E-state index is -4.58. The lowest BCUT2D eigenvalue weighted by Crippen LogP contribution is -2.44. The molecule has 3 unspecified atom stereocenters. The average Bonchev–Trinajstić information content (AvgIpc) is 3.33. The number of halogens is 4. The van der Waals surface area contributed by atoms with Crippen molar-refractivity contribution in [3.8, 4) is 11.5 Å². The Balaban J connectivity index is 1.54. The van der Waals surface area contributed by atoms with Crippen molar-refractivity contribution < 1.29 is 35.9 Å². The van der Waals surface area contributed by atoms with Gasteiger partial charge < -0.3 is 20.1 Å². The van der Waals surface area contributed by atoms with Crippen LogP contribution in [-0.2, 0) is 20.9 Å². The van der Waals surface area contributed by atoms with Gasteiger partial charge in [0.05, 0.1) is 30.9 Å². The molecule has 2 aliphatic rings. The molecule has 0 saturated carbocycles. The van der Waals surface area contributed by atoms with Crippen LogP contribution in [0.1, 0.15) is 34.4 Å². The minimum absolute atomic E-state index is 0.139. The van der Waals surface area contributed by atoms with Gasteiger partial charge in [-0.2, -0.15) is 17.5 Å². The molecular weight excluding hydrogens is 583 g/mol. The lowest BCUT2D eigenvalue weighted by atomic mass is 9.94.